The molecule has 0 radical (unpaired) electrons. The molecule has 0 aliphatic heterocycles. The van der Waals surface area contributed by atoms with Gasteiger partial charge in [-0.15, -0.1) is 0 Å². The zero-order valence-corrected chi connectivity index (χ0v) is 11.3. The third-order valence-electron chi connectivity index (χ3n) is 2.83. The SMILES string of the molecule is CC(C)CCC(C)NCc1cccc(C(=O)O)n1. The monoisotopic (exact) mass is 250 g/mol. The summed E-state index contributed by atoms with van der Waals surface area (Å²) < 4.78 is 0. The minimum Gasteiger partial charge on any atom is -0.477 e. The molecule has 0 spiro atoms. The van der Waals surface area contributed by atoms with Crippen LogP contribution in [0.4, 0.5) is 0 Å². The van der Waals surface area contributed by atoms with E-state index in [9.17, 15) is 4.79 Å². The second-order valence-corrected chi connectivity index (χ2v) is 5.07. The maximum Gasteiger partial charge on any atom is 0.354 e. The van der Waals surface area contributed by atoms with Gasteiger partial charge < -0.3 is 10.4 Å². The van der Waals surface area contributed by atoms with E-state index in [1.54, 1.807) is 6.07 Å². The number of carboxylic acids is 1. The quantitative estimate of drug-likeness (QED) is 0.781. The Labute approximate surface area is 108 Å². The first kappa shape index (κ1) is 14.6. The molecule has 1 aromatic heterocycles. The second kappa shape index (κ2) is 7.11. The smallest absolute Gasteiger partial charge is 0.354 e. The van der Waals surface area contributed by atoms with Gasteiger partial charge in [-0.3, -0.25) is 0 Å². The summed E-state index contributed by atoms with van der Waals surface area (Å²) in [4.78, 5) is 14.9. The van der Waals surface area contributed by atoms with Crippen LogP contribution in [0.25, 0.3) is 0 Å². The summed E-state index contributed by atoms with van der Waals surface area (Å²) in [5.41, 5.74) is 0.871. The van der Waals surface area contributed by atoms with Gasteiger partial charge in [-0.25, -0.2) is 9.78 Å². The minimum atomic E-state index is -0.982. The average molecular weight is 250 g/mol. The Hall–Kier alpha value is -1.42. The topological polar surface area (TPSA) is 62.2 Å². The van der Waals surface area contributed by atoms with Crippen molar-refractivity contribution in [1.82, 2.24) is 10.3 Å². The number of nitrogens with zero attached hydrogens (tertiary/aromatic N) is 1. The van der Waals surface area contributed by atoms with Crippen molar-refractivity contribution < 1.29 is 9.90 Å². The molecular formula is C14H22N2O2. The number of pyridine rings is 1. The fourth-order valence-electron chi connectivity index (χ4n) is 1.66. The van der Waals surface area contributed by atoms with Crippen molar-refractivity contribution in [2.75, 3.05) is 0 Å². The van der Waals surface area contributed by atoms with E-state index >= 15 is 0 Å². The molecular weight excluding hydrogens is 228 g/mol. The predicted octanol–water partition coefficient (Wildman–Crippen LogP) is 2.69. The predicted molar refractivity (Wildman–Crippen MR) is 71.6 cm³/mol. The molecule has 0 aliphatic rings. The largest absolute Gasteiger partial charge is 0.477 e. The number of rotatable bonds is 7. The molecule has 1 atom stereocenters. The fourth-order valence-corrected chi connectivity index (χ4v) is 1.66. The van der Waals surface area contributed by atoms with E-state index < -0.39 is 5.97 Å². The first-order chi connectivity index (χ1) is 8.49. The number of aromatic carboxylic acids is 1. The lowest BCUT2D eigenvalue weighted by atomic mass is 10.0. The highest BCUT2D eigenvalue weighted by Gasteiger charge is 2.07. The summed E-state index contributed by atoms with van der Waals surface area (Å²) in [7, 11) is 0. The Morgan fingerprint density at radius 1 is 1.33 bits per heavy atom. The number of nitrogens with one attached hydrogen (secondary N) is 1. The van der Waals surface area contributed by atoms with Crippen LogP contribution in [-0.4, -0.2) is 22.1 Å². The Balaban J connectivity index is 2.43. The molecule has 1 unspecified atom stereocenters. The average Bonchev–Trinajstić information content (AvgIpc) is 2.34. The molecule has 0 bridgehead atoms. The van der Waals surface area contributed by atoms with Crippen LogP contribution < -0.4 is 5.32 Å². The number of hydrogen-bond acceptors (Lipinski definition) is 3. The molecule has 2 N–H and O–H groups in total. The van der Waals surface area contributed by atoms with Gasteiger partial charge in [0.15, 0.2) is 0 Å². The van der Waals surface area contributed by atoms with Gasteiger partial charge in [0.05, 0.1) is 5.69 Å². The van der Waals surface area contributed by atoms with E-state index in [-0.39, 0.29) is 5.69 Å². The third kappa shape index (κ3) is 5.27. The van der Waals surface area contributed by atoms with Crippen LogP contribution in [0.1, 0.15) is 49.8 Å². The molecule has 4 nitrogen and oxygen atoms in total. The van der Waals surface area contributed by atoms with Gasteiger partial charge in [0.25, 0.3) is 0 Å². The zero-order chi connectivity index (χ0) is 13.5. The fraction of sp³-hybridized carbons (Fsp3) is 0.571. The lowest BCUT2D eigenvalue weighted by molar-refractivity contribution is 0.0690. The van der Waals surface area contributed by atoms with Crippen LogP contribution in [-0.2, 0) is 6.54 Å². The summed E-state index contributed by atoms with van der Waals surface area (Å²) in [5, 5.41) is 12.2. The van der Waals surface area contributed by atoms with Gasteiger partial charge in [-0.2, -0.15) is 0 Å². The molecule has 0 aliphatic carbocycles. The van der Waals surface area contributed by atoms with Crippen molar-refractivity contribution >= 4 is 5.97 Å². The van der Waals surface area contributed by atoms with Crippen molar-refractivity contribution in [3.05, 3.63) is 29.6 Å². The maximum absolute atomic E-state index is 10.8. The molecule has 0 saturated heterocycles. The van der Waals surface area contributed by atoms with Gasteiger partial charge in [-0.05, 0) is 37.8 Å². The van der Waals surface area contributed by atoms with Crippen LogP contribution in [0.2, 0.25) is 0 Å². The summed E-state index contributed by atoms with van der Waals surface area (Å²) >= 11 is 0. The molecule has 4 heteroatoms. The zero-order valence-electron chi connectivity index (χ0n) is 11.3. The Morgan fingerprint density at radius 3 is 2.67 bits per heavy atom. The van der Waals surface area contributed by atoms with Gasteiger partial charge >= 0.3 is 5.97 Å². The van der Waals surface area contributed by atoms with Crippen molar-refractivity contribution in [3.8, 4) is 0 Å². The molecule has 1 rings (SSSR count). The molecule has 0 saturated carbocycles. The molecule has 0 amide bonds. The molecule has 0 fully saturated rings. The summed E-state index contributed by atoms with van der Waals surface area (Å²) in [6, 6.07) is 5.50. The lowest BCUT2D eigenvalue weighted by Crippen LogP contribution is -2.26. The Kier molecular flexibility index (Phi) is 5.78. The molecule has 100 valence electrons. The number of carbonyl (C=O) groups is 1. The van der Waals surface area contributed by atoms with Crippen LogP contribution in [0.15, 0.2) is 18.2 Å². The summed E-state index contributed by atoms with van der Waals surface area (Å²) in [5.74, 6) is -0.271. The van der Waals surface area contributed by atoms with E-state index in [2.05, 4.69) is 31.1 Å². The molecule has 0 aromatic carbocycles. The summed E-state index contributed by atoms with van der Waals surface area (Å²) in [6.45, 7) is 7.18. The third-order valence-corrected chi connectivity index (χ3v) is 2.83. The van der Waals surface area contributed by atoms with Crippen molar-refractivity contribution in [2.45, 2.75) is 46.2 Å². The van der Waals surface area contributed by atoms with Crippen molar-refractivity contribution in [2.24, 2.45) is 5.92 Å². The lowest BCUT2D eigenvalue weighted by Gasteiger charge is -2.14. The van der Waals surface area contributed by atoms with E-state index in [4.69, 9.17) is 5.11 Å². The summed E-state index contributed by atoms with van der Waals surface area (Å²) in [6.07, 6.45) is 2.31. The van der Waals surface area contributed by atoms with Gasteiger partial charge in [-0.1, -0.05) is 19.9 Å². The van der Waals surface area contributed by atoms with Crippen LogP contribution >= 0.6 is 0 Å². The van der Waals surface area contributed by atoms with E-state index in [0.717, 1.165) is 12.1 Å². The second-order valence-electron chi connectivity index (χ2n) is 5.07. The highest BCUT2D eigenvalue weighted by atomic mass is 16.4. The highest BCUT2D eigenvalue weighted by molar-refractivity contribution is 5.85. The number of aromatic nitrogens is 1. The minimum absolute atomic E-state index is 0.101. The van der Waals surface area contributed by atoms with E-state index in [0.29, 0.717) is 18.5 Å². The maximum atomic E-state index is 10.8. The van der Waals surface area contributed by atoms with Crippen molar-refractivity contribution in [3.63, 3.8) is 0 Å². The highest BCUT2D eigenvalue weighted by Crippen LogP contribution is 2.07. The Morgan fingerprint density at radius 2 is 2.06 bits per heavy atom. The van der Waals surface area contributed by atoms with Gasteiger partial charge in [0.2, 0.25) is 0 Å². The van der Waals surface area contributed by atoms with Gasteiger partial charge in [0, 0.05) is 12.6 Å². The van der Waals surface area contributed by atoms with Crippen molar-refractivity contribution in [1.29, 1.82) is 0 Å². The van der Waals surface area contributed by atoms with E-state index in [1.165, 1.54) is 12.5 Å². The number of carboxylic acid groups (broad SMARTS) is 1. The molecule has 18 heavy (non-hydrogen) atoms. The van der Waals surface area contributed by atoms with E-state index in [1.807, 2.05) is 6.07 Å². The molecule has 1 heterocycles. The number of hydrogen-bond donors (Lipinski definition) is 2. The Bertz CT molecular complexity index is 391. The molecule has 1 aromatic rings. The van der Waals surface area contributed by atoms with Gasteiger partial charge in [0.1, 0.15) is 5.69 Å². The normalized spacial score (nSPS) is 12.7. The first-order valence-electron chi connectivity index (χ1n) is 6.41. The van der Waals surface area contributed by atoms with Crippen LogP contribution in [0.3, 0.4) is 0 Å². The van der Waals surface area contributed by atoms with Crippen LogP contribution in [0, 0.1) is 5.92 Å². The first-order valence-corrected chi connectivity index (χ1v) is 6.41. The van der Waals surface area contributed by atoms with Crippen LogP contribution in [0.5, 0.6) is 0 Å². The standard InChI is InChI=1S/C14H22N2O2/c1-10(2)7-8-11(3)15-9-12-5-4-6-13(16-12)14(17)18/h4-6,10-11,15H,7-9H2,1-3H3,(H,17,18).